The topological polar surface area (TPSA) is 42.1 Å². The number of nitrogens with zero attached hydrogens (tertiary/aromatic N) is 2. The molecule has 0 bridgehead atoms. The van der Waals surface area contributed by atoms with E-state index in [-0.39, 0.29) is 6.04 Å². The van der Waals surface area contributed by atoms with Crippen LogP contribution >= 0.6 is 0 Å². The van der Waals surface area contributed by atoms with Crippen molar-refractivity contribution in [1.29, 1.82) is 0 Å². The Balaban J connectivity index is 2.23. The van der Waals surface area contributed by atoms with Gasteiger partial charge in [-0.05, 0) is 36.8 Å². The summed E-state index contributed by atoms with van der Waals surface area (Å²) in [4.78, 5) is 6.23. The maximum Gasteiger partial charge on any atom is 0.0511 e. The zero-order chi connectivity index (χ0) is 12.3. The van der Waals surface area contributed by atoms with Crippen LogP contribution in [0.4, 0.5) is 11.4 Å². The van der Waals surface area contributed by atoms with E-state index < -0.39 is 0 Å². The lowest BCUT2D eigenvalue weighted by Gasteiger charge is -2.27. The van der Waals surface area contributed by atoms with Gasteiger partial charge in [-0.25, -0.2) is 0 Å². The van der Waals surface area contributed by atoms with E-state index in [1.165, 1.54) is 5.56 Å². The van der Waals surface area contributed by atoms with Crippen molar-refractivity contribution in [1.82, 2.24) is 4.98 Å². The van der Waals surface area contributed by atoms with Crippen LogP contribution in [0.5, 0.6) is 0 Å². The summed E-state index contributed by atoms with van der Waals surface area (Å²) in [6, 6.07) is 12.3. The molecule has 88 valence electrons. The van der Waals surface area contributed by atoms with Crippen LogP contribution in [0.1, 0.15) is 18.5 Å². The number of nitrogens with two attached hydrogens (primary N) is 1. The lowest BCUT2D eigenvalue weighted by molar-refractivity contribution is 0.739. The summed E-state index contributed by atoms with van der Waals surface area (Å²) in [7, 11) is 2.07. The van der Waals surface area contributed by atoms with Gasteiger partial charge in [-0.3, -0.25) is 4.98 Å². The molecule has 0 saturated carbocycles. The predicted octanol–water partition coefficient (Wildman–Crippen LogP) is 2.86. The molecule has 1 heterocycles. The molecule has 0 aliphatic heterocycles. The standard InChI is InChI=1S/C14H17N3/c1-11(12-4-3-5-13(15)10-12)17(2)14-6-8-16-9-7-14/h3-11H,15H2,1-2H3. The summed E-state index contributed by atoms with van der Waals surface area (Å²) in [5.74, 6) is 0. The van der Waals surface area contributed by atoms with Crippen LogP contribution in [0.15, 0.2) is 48.8 Å². The van der Waals surface area contributed by atoms with Crippen LogP contribution < -0.4 is 10.6 Å². The number of rotatable bonds is 3. The molecular weight excluding hydrogens is 210 g/mol. The van der Waals surface area contributed by atoms with E-state index in [0.717, 1.165) is 11.4 Å². The van der Waals surface area contributed by atoms with Gasteiger partial charge in [0.05, 0.1) is 6.04 Å². The smallest absolute Gasteiger partial charge is 0.0511 e. The Kier molecular flexibility index (Phi) is 3.28. The number of anilines is 2. The maximum atomic E-state index is 5.81. The molecule has 2 aromatic rings. The van der Waals surface area contributed by atoms with E-state index in [1.807, 2.05) is 30.3 Å². The fraction of sp³-hybridized carbons (Fsp3) is 0.214. The van der Waals surface area contributed by atoms with Crippen molar-refractivity contribution in [3.63, 3.8) is 0 Å². The highest BCUT2D eigenvalue weighted by Gasteiger charge is 2.11. The Morgan fingerprint density at radius 1 is 1.18 bits per heavy atom. The van der Waals surface area contributed by atoms with E-state index in [2.05, 4.69) is 29.9 Å². The monoisotopic (exact) mass is 227 g/mol. The van der Waals surface area contributed by atoms with Gasteiger partial charge < -0.3 is 10.6 Å². The van der Waals surface area contributed by atoms with Crippen LogP contribution in [-0.4, -0.2) is 12.0 Å². The number of benzene rings is 1. The largest absolute Gasteiger partial charge is 0.399 e. The van der Waals surface area contributed by atoms with Crippen LogP contribution in [0.2, 0.25) is 0 Å². The first-order chi connectivity index (χ1) is 8.18. The van der Waals surface area contributed by atoms with E-state index in [1.54, 1.807) is 12.4 Å². The highest BCUT2D eigenvalue weighted by atomic mass is 15.1. The van der Waals surface area contributed by atoms with Crippen LogP contribution in [0.25, 0.3) is 0 Å². The van der Waals surface area contributed by atoms with Gasteiger partial charge in [0.2, 0.25) is 0 Å². The Labute approximate surface area is 102 Å². The second-order valence-corrected chi connectivity index (χ2v) is 4.16. The minimum Gasteiger partial charge on any atom is -0.399 e. The Morgan fingerprint density at radius 3 is 2.53 bits per heavy atom. The van der Waals surface area contributed by atoms with Gasteiger partial charge in [-0.1, -0.05) is 12.1 Å². The normalized spacial score (nSPS) is 12.1. The van der Waals surface area contributed by atoms with Gasteiger partial charge in [0.25, 0.3) is 0 Å². The van der Waals surface area contributed by atoms with Crippen LogP contribution in [-0.2, 0) is 0 Å². The quantitative estimate of drug-likeness (QED) is 0.820. The molecule has 1 atom stereocenters. The molecule has 0 amide bonds. The molecule has 2 N–H and O–H groups in total. The first-order valence-electron chi connectivity index (χ1n) is 5.67. The molecular formula is C14H17N3. The summed E-state index contributed by atoms with van der Waals surface area (Å²) < 4.78 is 0. The molecule has 1 aromatic heterocycles. The summed E-state index contributed by atoms with van der Waals surface area (Å²) in [6.07, 6.45) is 3.61. The van der Waals surface area contributed by atoms with Gasteiger partial charge in [0.15, 0.2) is 0 Å². The van der Waals surface area contributed by atoms with Gasteiger partial charge in [-0.2, -0.15) is 0 Å². The molecule has 1 unspecified atom stereocenters. The van der Waals surface area contributed by atoms with Gasteiger partial charge in [-0.15, -0.1) is 0 Å². The number of aromatic nitrogens is 1. The van der Waals surface area contributed by atoms with Crippen molar-refractivity contribution in [3.8, 4) is 0 Å². The second kappa shape index (κ2) is 4.87. The van der Waals surface area contributed by atoms with Crippen molar-refractivity contribution in [3.05, 3.63) is 54.4 Å². The second-order valence-electron chi connectivity index (χ2n) is 4.16. The molecule has 17 heavy (non-hydrogen) atoms. The zero-order valence-corrected chi connectivity index (χ0v) is 10.2. The van der Waals surface area contributed by atoms with Gasteiger partial charge in [0, 0.05) is 30.8 Å². The third-order valence-corrected chi connectivity index (χ3v) is 3.04. The SMILES string of the molecule is CC(c1cccc(N)c1)N(C)c1ccncc1. The van der Waals surface area contributed by atoms with E-state index in [0.29, 0.717) is 0 Å². The number of nitrogen functional groups attached to an aromatic ring is 1. The van der Waals surface area contributed by atoms with Gasteiger partial charge in [0.1, 0.15) is 0 Å². The van der Waals surface area contributed by atoms with Crippen LogP contribution in [0.3, 0.4) is 0 Å². The molecule has 0 aliphatic rings. The third-order valence-electron chi connectivity index (χ3n) is 3.04. The Hall–Kier alpha value is -2.03. The predicted molar refractivity (Wildman–Crippen MR) is 71.9 cm³/mol. The first kappa shape index (κ1) is 11.5. The highest BCUT2D eigenvalue weighted by Crippen LogP contribution is 2.25. The summed E-state index contributed by atoms with van der Waals surface area (Å²) >= 11 is 0. The molecule has 0 saturated heterocycles. The molecule has 3 heteroatoms. The number of hydrogen-bond donors (Lipinski definition) is 1. The first-order valence-corrected chi connectivity index (χ1v) is 5.67. The van der Waals surface area contributed by atoms with Crippen molar-refractivity contribution in [2.75, 3.05) is 17.7 Å². The van der Waals surface area contributed by atoms with Crippen molar-refractivity contribution in [2.45, 2.75) is 13.0 Å². The minimum atomic E-state index is 0.279. The molecule has 3 nitrogen and oxygen atoms in total. The van der Waals surface area contributed by atoms with Crippen molar-refractivity contribution in [2.24, 2.45) is 0 Å². The van der Waals surface area contributed by atoms with Crippen molar-refractivity contribution < 1.29 is 0 Å². The molecule has 0 fully saturated rings. The van der Waals surface area contributed by atoms with E-state index in [9.17, 15) is 0 Å². The average molecular weight is 227 g/mol. The zero-order valence-electron chi connectivity index (χ0n) is 10.2. The highest BCUT2D eigenvalue weighted by molar-refractivity contribution is 5.49. The number of pyridine rings is 1. The lowest BCUT2D eigenvalue weighted by atomic mass is 10.1. The molecule has 0 radical (unpaired) electrons. The van der Waals surface area contributed by atoms with E-state index >= 15 is 0 Å². The molecule has 0 aliphatic carbocycles. The van der Waals surface area contributed by atoms with E-state index in [4.69, 9.17) is 5.73 Å². The Bertz CT molecular complexity index is 482. The lowest BCUT2D eigenvalue weighted by Crippen LogP contribution is -2.21. The minimum absolute atomic E-state index is 0.279. The molecule has 0 spiro atoms. The summed E-state index contributed by atoms with van der Waals surface area (Å²) in [5, 5.41) is 0. The third kappa shape index (κ3) is 2.56. The van der Waals surface area contributed by atoms with Crippen LogP contribution in [0, 0.1) is 0 Å². The number of hydrogen-bond acceptors (Lipinski definition) is 3. The fourth-order valence-corrected chi connectivity index (χ4v) is 1.85. The summed E-state index contributed by atoms with van der Waals surface area (Å²) in [6.45, 7) is 2.16. The maximum absolute atomic E-state index is 5.81. The molecule has 1 aromatic carbocycles. The molecule has 2 rings (SSSR count). The average Bonchev–Trinajstić information content (AvgIpc) is 2.38. The Morgan fingerprint density at radius 2 is 1.88 bits per heavy atom. The summed E-state index contributed by atoms with van der Waals surface area (Å²) in [5.41, 5.74) is 8.97. The fourth-order valence-electron chi connectivity index (χ4n) is 1.85. The van der Waals surface area contributed by atoms with Gasteiger partial charge >= 0.3 is 0 Å². The van der Waals surface area contributed by atoms with Crippen molar-refractivity contribution >= 4 is 11.4 Å².